The van der Waals surface area contributed by atoms with Crippen LogP contribution in [0.1, 0.15) is 42.7 Å². The molecule has 0 saturated carbocycles. The van der Waals surface area contributed by atoms with Gasteiger partial charge in [0.2, 0.25) is 5.88 Å². The van der Waals surface area contributed by atoms with Crippen LogP contribution in [-0.2, 0) is 20.7 Å². The van der Waals surface area contributed by atoms with Crippen molar-refractivity contribution in [3.63, 3.8) is 0 Å². The lowest BCUT2D eigenvalue weighted by Crippen LogP contribution is -2.14. The summed E-state index contributed by atoms with van der Waals surface area (Å²) in [6, 6.07) is 0. The van der Waals surface area contributed by atoms with Crippen molar-refractivity contribution in [3.05, 3.63) is 11.3 Å². The standard InChI is InChI=1S/C12H18N2O5/c1-3-5-6-18-12(16)10-8(14-19-11(10)13)7-9(15)17-4-2/h3-7,13H2,1-2H3. The van der Waals surface area contributed by atoms with Gasteiger partial charge in [-0.3, -0.25) is 4.79 Å². The second-order valence-electron chi connectivity index (χ2n) is 3.84. The first-order valence-electron chi connectivity index (χ1n) is 6.16. The fourth-order valence-electron chi connectivity index (χ4n) is 1.41. The quantitative estimate of drug-likeness (QED) is 0.588. The highest BCUT2D eigenvalue weighted by Gasteiger charge is 2.24. The van der Waals surface area contributed by atoms with Gasteiger partial charge in [-0.2, -0.15) is 0 Å². The number of aromatic nitrogens is 1. The zero-order chi connectivity index (χ0) is 14.3. The minimum Gasteiger partial charge on any atom is -0.466 e. The average molecular weight is 270 g/mol. The molecule has 1 aromatic heterocycles. The molecule has 1 rings (SSSR count). The minimum atomic E-state index is -0.633. The van der Waals surface area contributed by atoms with Gasteiger partial charge in [0.25, 0.3) is 0 Å². The third-order valence-electron chi connectivity index (χ3n) is 2.34. The maximum atomic E-state index is 11.8. The zero-order valence-corrected chi connectivity index (χ0v) is 11.1. The van der Waals surface area contributed by atoms with E-state index in [-0.39, 0.29) is 30.2 Å². The van der Waals surface area contributed by atoms with E-state index in [0.29, 0.717) is 6.61 Å². The summed E-state index contributed by atoms with van der Waals surface area (Å²) in [6.45, 7) is 4.21. The van der Waals surface area contributed by atoms with E-state index in [1.165, 1.54) is 0 Å². The number of nitrogens with two attached hydrogens (primary N) is 1. The van der Waals surface area contributed by atoms with Gasteiger partial charge >= 0.3 is 11.9 Å². The second-order valence-corrected chi connectivity index (χ2v) is 3.84. The number of rotatable bonds is 7. The van der Waals surface area contributed by atoms with Crippen LogP contribution in [-0.4, -0.2) is 30.3 Å². The van der Waals surface area contributed by atoms with E-state index in [9.17, 15) is 9.59 Å². The summed E-state index contributed by atoms with van der Waals surface area (Å²) >= 11 is 0. The van der Waals surface area contributed by atoms with Crippen LogP contribution in [0.5, 0.6) is 0 Å². The van der Waals surface area contributed by atoms with Gasteiger partial charge < -0.3 is 19.7 Å². The lowest BCUT2D eigenvalue weighted by Gasteiger charge is -2.04. The fraction of sp³-hybridized carbons (Fsp3) is 0.583. The van der Waals surface area contributed by atoms with Crippen LogP contribution in [0.15, 0.2) is 4.52 Å². The van der Waals surface area contributed by atoms with Crippen molar-refractivity contribution in [2.24, 2.45) is 0 Å². The molecular formula is C12H18N2O5. The normalized spacial score (nSPS) is 10.2. The lowest BCUT2D eigenvalue weighted by molar-refractivity contribution is -0.142. The first-order chi connectivity index (χ1) is 9.10. The summed E-state index contributed by atoms with van der Waals surface area (Å²) in [6.07, 6.45) is 1.49. The third-order valence-corrected chi connectivity index (χ3v) is 2.34. The molecule has 0 bridgehead atoms. The van der Waals surface area contributed by atoms with E-state index < -0.39 is 11.9 Å². The molecule has 0 aliphatic carbocycles. The highest BCUT2D eigenvalue weighted by atomic mass is 16.5. The summed E-state index contributed by atoms with van der Waals surface area (Å²) in [7, 11) is 0. The Hall–Kier alpha value is -2.05. The van der Waals surface area contributed by atoms with Gasteiger partial charge in [-0.05, 0) is 13.3 Å². The summed E-state index contributed by atoms with van der Waals surface area (Å²) in [4.78, 5) is 23.2. The molecule has 0 spiro atoms. The summed E-state index contributed by atoms with van der Waals surface area (Å²) < 4.78 is 14.5. The molecule has 106 valence electrons. The van der Waals surface area contributed by atoms with E-state index in [1.807, 2.05) is 6.92 Å². The van der Waals surface area contributed by atoms with Crippen LogP contribution in [0.25, 0.3) is 0 Å². The first-order valence-corrected chi connectivity index (χ1v) is 6.16. The van der Waals surface area contributed by atoms with Crippen LogP contribution >= 0.6 is 0 Å². The number of unbranched alkanes of at least 4 members (excludes halogenated alkanes) is 1. The molecule has 0 aromatic carbocycles. The van der Waals surface area contributed by atoms with E-state index in [2.05, 4.69) is 5.16 Å². The van der Waals surface area contributed by atoms with Crippen molar-refractivity contribution < 1.29 is 23.6 Å². The summed E-state index contributed by atoms with van der Waals surface area (Å²) in [5.41, 5.74) is 5.65. The van der Waals surface area contributed by atoms with E-state index in [0.717, 1.165) is 12.8 Å². The number of anilines is 1. The molecule has 19 heavy (non-hydrogen) atoms. The number of nitrogens with zero attached hydrogens (tertiary/aromatic N) is 1. The molecule has 1 aromatic rings. The molecule has 0 saturated heterocycles. The Labute approximate surface area is 111 Å². The third kappa shape index (κ3) is 4.27. The number of nitrogen functional groups attached to an aromatic ring is 1. The van der Waals surface area contributed by atoms with Gasteiger partial charge in [-0.15, -0.1) is 0 Å². The Bertz CT molecular complexity index is 441. The lowest BCUT2D eigenvalue weighted by atomic mass is 10.2. The highest BCUT2D eigenvalue weighted by Crippen LogP contribution is 2.18. The van der Waals surface area contributed by atoms with Gasteiger partial charge in [-0.1, -0.05) is 18.5 Å². The monoisotopic (exact) mass is 270 g/mol. The Morgan fingerprint density at radius 1 is 1.32 bits per heavy atom. The van der Waals surface area contributed by atoms with E-state index in [4.69, 9.17) is 19.7 Å². The van der Waals surface area contributed by atoms with Crippen molar-refractivity contribution in [2.75, 3.05) is 18.9 Å². The highest BCUT2D eigenvalue weighted by molar-refractivity contribution is 5.96. The Kier molecular flexibility index (Phi) is 5.84. The molecule has 0 radical (unpaired) electrons. The minimum absolute atomic E-state index is 0.00385. The van der Waals surface area contributed by atoms with Crippen LogP contribution in [0.3, 0.4) is 0 Å². The molecule has 1 heterocycles. The first kappa shape index (κ1) is 15.0. The summed E-state index contributed by atoms with van der Waals surface area (Å²) in [5, 5.41) is 3.59. The topological polar surface area (TPSA) is 105 Å². The molecule has 0 unspecified atom stereocenters. The Balaban J connectivity index is 2.73. The van der Waals surface area contributed by atoms with Crippen molar-refractivity contribution in [3.8, 4) is 0 Å². The van der Waals surface area contributed by atoms with Crippen molar-refractivity contribution in [1.29, 1.82) is 0 Å². The zero-order valence-electron chi connectivity index (χ0n) is 11.1. The molecule has 7 nitrogen and oxygen atoms in total. The van der Waals surface area contributed by atoms with Gasteiger partial charge in [0.15, 0.2) is 0 Å². The van der Waals surface area contributed by atoms with Gasteiger partial charge in [-0.25, -0.2) is 4.79 Å². The van der Waals surface area contributed by atoms with Crippen LogP contribution in [0.2, 0.25) is 0 Å². The largest absolute Gasteiger partial charge is 0.466 e. The van der Waals surface area contributed by atoms with E-state index >= 15 is 0 Å². The van der Waals surface area contributed by atoms with Crippen molar-refractivity contribution >= 4 is 17.8 Å². The predicted molar refractivity (Wildman–Crippen MR) is 66.4 cm³/mol. The number of carbonyl (C=O) groups excluding carboxylic acids is 2. The molecule has 0 fully saturated rings. The summed E-state index contributed by atoms with van der Waals surface area (Å²) in [5.74, 6) is -1.29. The van der Waals surface area contributed by atoms with Crippen LogP contribution in [0.4, 0.5) is 5.88 Å². The maximum absolute atomic E-state index is 11.8. The molecule has 0 atom stereocenters. The molecule has 0 aliphatic heterocycles. The Morgan fingerprint density at radius 2 is 2.05 bits per heavy atom. The van der Waals surface area contributed by atoms with Gasteiger partial charge in [0.1, 0.15) is 11.3 Å². The maximum Gasteiger partial charge on any atom is 0.345 e. The van der Waals surface area contributed by atoms with E-state index in [1.54, 1.807) is 6.92 Å². The second kappa shape index (κ2) is 7.40. The van der Waals surface area contributed by atoms with Crippen molar-refractivity contribution in [2.45, 2.75) is 33.1 Å². The van der Waals surface area contributed by atoms with Crippen LogP contribution < -0.4 is 5.73 Å². The fourth-order valence-corrected chi connectivity index (χ4v) is 1.41. The molecular weight excluding hydrogens is 252 g/mol. The molecule has 2 N–H and O–H groups in total. The number of ether oxygens (including phenoxy) is 2. The SMILES string of the molecule is CCCCOC(=O)c1c(CC(=O)OCC)noc1N. The molecule has 7 heteroatoms. The Morgan fingerprint density at radius 3 is 2.68 bits per heavy atom. The van der Waals surface area contributed by atoms with Crippen molar-refractivity contribution in [1.82, 2.24) is 5.16 Å². The molecule has 0 aliphatic rings. The average Bonchev–Trinajstić information content (AvgIpc) is 2.71. The number of hydrogen-bond donors (Lipinski definition) is 1. The van der Waals surface area contributed by atoms with Crippen LogP contribution in [0, 0.1) is 0 Å². The number of carbonyl (C=O) groups is 2. The number of esters is 2. The van der Waals surface area contributed by atoms with Gasteiger partial charge in [0.05, 0.1) is 19.6 Å². The predicted octanol–water partition coefficient (Wildman–Crippen LogP) is 1.32. The van der Waals surface area contributed by atoms with Gasteiger partial charge in [0, 0.05) is 0 Å². The molecule has 0 amide bonds. The smallest absolute Gasteiger partial charge is 0.345 e. The number of hydrogen-bond acceptors (Lipinski definition) is 7.